The Labute approximate surface area is 70.4 Å². The first kappa shape index (κ1) is 9.05. The zero-order valence-electron chi connectivity index (χ0n) is 7.68. The molecular weight excluding hydrogens is 134 g/mol. The van der Waals surface area contributed by atoms with Crippen LogP contribution in [-0.2, 0) is 0 Å². The lowest BCUT2D eigenvalue weighted by Crippen LogP contribution is -2.22. The number of rotatable bonds is 1. The van der Waals surface area contributed by atoms with Gasteiger partial charge in [-0.2, -0.15) is 0 Å². The van der Waals surface area contributed by atoms with Gasteiger partial charge in [0.25, 0.3) is 0 Å². The number of nitrogens with two attached hydrogens (primary N) is 1. The van der Waals surface area contributed by atoms with E-state index in [0.717, 1.165) is 5.92 Å². The van der Waals surface area contributed by atoms with Crippen molar-refractivity contribution < 1.29 is 0 Å². The molecule has 0 radical (unpaired) electrons. The van der Waals surface area contributed by atoms with Gasteiger partial charge in [0, 0.05) is 6.04 Å². The van der Waals surface area contributed by atoms with Gasteiger partial charge in [-0.25, -0.2) is 0 Å². The van der Waals surface area contributed by atoms with E-state index < -0.39 is 0 Å². The largest absolute Gasteiger partial charge is 0.328 e. The molecule has 66 valence electrons. The van der Waals surface area contributed by atoms with E-state index in [1.165, 1.54) is 44.9 Å². The van der Waals surface area contributed by atoms with Gasteiger partial charge in [-0.1, -0.05) is 39.0 Å². The molecule has 0 aromatic carbocycles. The fraction of sp³-hybridized carbons (Fsp3) is 1.00. The third-order valence-corrected chi connectivity index (χ3v) is 2.95. The SMILES string of the molecule is CCC1CCCC(N)CCC1. The summed E-state index contributed by atoms with van der Waals surface area (Å²) in [4.78, 5) is 0. The molecule has 0 aromatic heterocycles. The quantitative estimate of drug-likeness (QED) is 0.619. The van der Waals surface area contributed by atoms with Gasteiger partial charge in [0.05, 0.1) is 0 Å². The van der Waals surface area contributed by atoms with Crippen molar-refractivity contribution in [2.75, 3.05) is 0 Å². The minimum Gasteiger partial charge on any atom is -0.328 e. The van der Waals surface area contributed by atoms with Crippen molar-refractivity contribution in [1.82, 2.24) is 0 Å². The van der Waals surface area contributed by atoms with Crippen molar-refractivity contribution in [1.29, 1.82) is 0 Å². The highest BCUT2D eigenvalue weighted by atomic mass is 14.6. The van der Waals surface area contributed by atoms with Crippen LogP contribution >= 0.6 is 0 Å². The van der Waals surface area contributed by atoms with Gasteiger partial charge in [0.2, 0.25) is 0 Å². The second-order valence-corrected chi connectivity index (χ2v) is 3.90. The van der Waals surface area contributed by atoms with Crippen LogP contribution in [0.25, 0.3) is 0 Å². The van der Waals surface area contributed by atoms with E-state index in [1.54, 1.807) is 0 Å². The monoisotopic (exact) mass is 155 g/mol. The molecule has 0 heterocycles. The minimum absolute atomic E-state index is 0.507. The van der Waals surface area contributed by atoms with Crippen molar-refractivity contribution in [2.45, 2.75) is 57.9 Å². The second-order valence-electron chi connectivity index (χ2n) is 3.90. The molecule has 0 spiro atoms. The molecule has 0 amide bonds. The van der Waals surface area contributed by atoms with Gasteiger partial charge in [-0.15, -0.1) is 0 Å². The Kier molecular flexibility index (Phi) is 3.92. The van der Waals surface area contributed by atoms with Crippen LogP contribution in [0.2, 0.25) is 0 Å². The highest BCUT2D eigenvalue weighted by molar-refractivity contribution is 4.69. The third kappa shape index (κ3) is 3.24. The molecule has 1 aliphatic carbocycles. The lowest BCUT2D eigenvalue weighted by Gasteiger charge is -2.21. The minimum atomic E-state index is 0.507. The second kappa shape index (κ2) is 4.76. The molecule has 1 fully saturated rings. The summed E-state index contributed by atoms with van der Waals surface area (Å²) in [6.07, 6.45) is 9.45. The Morgan fingerprint density at radius 1 is 1.09 bits per heavy atom. The van der Waals surface area contributed by atoms with E-state index in [0.29, 0.717) is 6.04 Å². The van der Waals surface area contributed by atoms with Crippen LogP contribution in [0.1, 0.15) is 51.9 Å². The summed E-state index contributed by atoms with van der Waals surface area (Å²) < 4.78 is 0. The van der Waals surface area contributed by atoms with Gasteiger partial charge < -0.3 is 5.73 Å². The van der Waals surface area contributed by atoms with E-state index in [2.05, 4.69) is 6.92 Å². The van der Waals surface area contributed by atoms with Gasteiger partial charge in [-0.3, -0.25) is 0 Å². The normalized spacial score (nSPS) is 34.4. The maximum atomic E-state index is 5.89. The lowest BCUT2D eigenvalue weighted by molar-refractivity contribution is 0.350. The predicted octanol–water partition coefficient (Wildman–Crippen LogP) is 2.69. The molecule has 0 aromatic rings. The summed E-state index contributed by atoms with van der Waals surface area (Å²) in [6.45, 7) is 2.31. The van der Waals surface area contributed by atoms with Crippen LogP contribution in [0, 0.1) is 5.92 Å². The van der Waals surface area contributed by atoms with Crippen LogP contribution in [-0.4, -0.2) is 6.04 Å². The summed E-state index contributed by atoms with van der Waals surface area (Å²) in [7, 11) is 0. The molecule has 0 bridgehead atoms. The van der Waals surface area contributed by atoms with Crippen molar-refractivity contribution in [3.63, 3.8) is 0 Å². The topological polar surface area (TPSA) is 26.0 Å². The standard InChI is InChI=1S/C10H21N/c1-2-9-5-3-7-10(11)8-4-6-9/h9-10H,2-8,11H2,1H3. The van der Waals surface area contributed by atoms with E-state index in [4.69, 9.17) is 5.73 Å². The van der Waals surface area contributed by atoms with E-state index in [9.17, 15) is 0 Å². The van der Waals surface area contributed by atoms with E-state index in [-0.39, 0.29) is 0 Å². The Bertz CT molecular complexity index is 91.0. The molecule has 2 N–H and O–H groups in total. The average Bonchev–Trinajstić information content (AvgIpc) is 1.96. The van der Waals surface area contributed by atoms with Gasteiger partial charge >= 0.3 is 0 Å². The molecule has 1 rings (SSSR count). The molecule has 1 heteroatoms. The van der Waals surface area contributed by atoms with Gasteiger partial charge in [-0.05, 0) is 18.8 Å². The average molecular weight is 155 g/mol. The highest BCUT2D eigenvalue weighted by Gasteiger charge is 2.12. The summed E-state index contributed by atoms with van der Waals surface area (Å²) >= 11 is 0. The third-order valence-electron chi connectivity index (χ3n) is 2.95. The van der Waals surface area contributed by atoms with Crippen LogP contribution in [0.4, 0.5) is 0 Å². The van der Waals surface area contributed by atoms with Gasteiger partial charge in [0.15, 0.2) is 0 Å². The summed E-state index contributed by atoms with van der Waals surface area (Å²) in [5, 5.41) is 0. The lowest BCUT2D eigenvalue weighted by atomic mass is 9.88. The first-order valence-electron chi connectivity index (χ1n) is 5.08. The van der Waals surface area contributed by atoms with Crippen molar-refractivity contribution in [2.24, 2.45) is 11.7 Å². The van der Waals surface area contributed by atoms with Crippen LogP contribution in [0.5, 0.6) is 0 Å². The Balaban J connectivity index is 2.22. The molecule has 0 saturated heterocycles. The maximum absolute atomic E-state index is 5.89. The molecule has 0 aliphatic heterocycles. The highest BCUT2D eigenvalue weighted by Crippen LogP contribution is 2.23. The fourth-order valence-electron chi connectivity index (χ4n) is 2.03. The molecular formula is C10H21N. The number of hydrogen-bond donors (Lipinski definition) is 1. The molecule has 1 saturated carbocycles. The Hall–Kier alpha value is -0.0400. The molecule has 1 aliphatic rings. The molecule has 0 atom stereocenters. The summed E-state index contributed by atoms with van der Waals surface area (Å²) in [6, 6.07) is 0.507. The molecule has 0 unspecified atom stereocenters. The van der Waals surface area contributed by atoms with Crippen LogP contribution in [0.3, 0.4) is 0 Å². The smallest absolute Gasteiger partial charge is 0.00388 e. The predicted molar refractivity (Wildman–Crippen MR) is 49.5 cm³/mol. The maximum Gasteiger partial charge on any atom is 0.00388 e. The zero-order valence-corrected chi connectivity index (χ0v) is 7.68. The van der Waals surface area contributed by atoms with E-state index in [1.807, 2.05) is 0 Å². The van der Waals surface area contributed by atoms with Gasteiger partial charge in [0.1, 0.15) is 0 Å². The number of hydrogen-bond acceptors (Lipinski definition) is 1. The first-order chi connectivity index (χ1) is 5.33. The summed E-state index contributed by atoms with van der Waals surface area (Å²) in [5.41, 5.74) is 5.89. The summed E-state index contributed by atoms with van der Waals surface area (Å²) in [5.74, 6) is 1.00. The molecule has 11 heavy (non-hydrogen) atoms. The Morgan fingerprint density at radius 2 is 1.64 bits per heavy atom. The van der Waals surface area contributed by atoms with E-state index >= 15 is 0 Å². The van der Waals surface area contributed by atoms with Crippen molar-refractivity contribution in [3.8, 4) is 0 Å². The van der Waals surface area contributed by atoms with Crippen molar-refractivity contribution >= 4 is 0 Å². The zero-order chi connectivity index (χ0) is 8.10. The van der Waals surface area contributed by atoms with Crippen LogP contribution in [0.15, 0.2) is 0 Å². The Morgan fingerprint density at radius 3 is 2.09 bits per heavy atom. The first-order valence-corrected chi connectivity index (χ1v) is 5.08. The fourth-order valence-corrected chi connectivity index (χ4v) is 2.03. The molecule has 1 nitrogen and oxygen atoms in total. The van der Waals surface area contributed by atoms with Crippen molar-refractivity contribution in [3.05, 3.63) is 0 Å². The van der Waals surface area contributed by atoms with Crippen LogP contribution < -0.4 is 5.73 Å².